The van der Waals surface area contributed by atoms with Crippen LogP contribution in [0.25, 0.3) is 10.2 Å². The van der Waals surface area contributed by atoms with Crippen LogP contribution in [0.2, 0.25) is 0 Å². The number of pyridine rings is 1. The molecule has 0 bridgehead atoms. The van der Waals surface area contributed by atoms with E-state index in [0.717, 1.165) is 26.5 Å². The zero-order chi connectivity index (χ0) is 13.4. The van der Waals surface area contributed by atoms with E-state index in [1.54, 1.807) is 17.5 Å². The number of benzene rings is 1. The van der Waals surface area contributed by atoms with Crippen LogP contribution in [0.15, 0.2) is 30.5 Å². The van der Waals surface area contributed by atoms with E-state index in [-0.39, 0.29) is 0 Å². The van der Waals surface area contributed by atoms with Crippen LogP contribution in [0.4, 0.5) is 5.82 Å². The fourth-order valence-corrected chi connectivity index (χ4v) is 2.66. The summed E-state index contributed by atoms with van der Waals surface area (Å²) in [4.78, 5) is 8.53. The molecule has 2 heterocycles. The number of ether oxygens (including phenoxy) is 1. The molecule has 0 aliphatic heterocycles. The van der Waals surface area contributed by atoms with E-state index in [4.69, 9.17) is 10.5 Å². The molecule has 4 nitrogen and oxygen atoms in total. The molecular formula is C14H13N3OS. The van der Waals surface area contributed by atoms with Crippen LogP contribution in [0.1, 0.15) is 10.6 Å². The van der Waals surface area contributed by atoms with Gasteiger partial charge in [-0.25, -0.2) is 9.97 Å². The number of hydrogen-bond acceptors (Lipinski definition) is 5. The molecule has 0 saturated heterocycles. The SMILES string of the molecule is Cc1cnc(N)c(Oc2ccc3sc(C)nc3c2)c1. The van der Waals surface area contributed by atoms with E-state index >= 15 is 0 Å². The Morgan fingerprint density at radius 3 is 2.89 bits per heavy atom. The monoisotopic (exact) mass is 271 g/mol. The lowest BCUT2D eigenvalue weighted by molar-refractivity contribution is 0.483. The third-order valence-corrected chi connectivity index (χ3v) is 3.66. The minimum absolute atomic E-state index is 0.389. The van der Waals surface area contributed by atoms with Crippen molar-refractivity contribution in [2.24, 2.45) is 0 Å². The Balaban J connectivity index is 1.98. The van der Waals surface area contributed by atoms with Gasteiger partial charge in [-0.05, 0) is 37.6 Å². The van der Waals surface area contributed by atoms with Crippen molar-refractivity contribution in [3.05, 3.63) is 41.0 Å². The lowest BCUT2D eigenvalue weighted by Gasteiger charge is -2.08. The largest absolute Gasteiger partial charge is 0.453 e. The highest BCUT2D eigenvalue weighted by Gasteiger charge is 2.06. The molecule has 0 fully saturated rings. The van der Waals surface area contributed by atoms with Crippen molar-refractivity contribution in [2.45, 2.75) is 13.8 Å². The first-order valence-corrected chi connectivity index (χ1v) is 6.70. The highest BCUT2D eigenvalue weighted by molar-refractivity contribution is 7.18. The Bertz CT molecular complexity index is 752. The Labute approximate surface area is 114 Å². The summed E-state index contributed by atoms with van der Waals surface area (Å²) in [5.74, 6) is 1.68. The second-order valence-electron chi connectivity index (χ2n) is 4.36. The van der Waals surface area contributed by atoms with E-state index in [9.17, 15) is 0 Å². The van der Waals surface area contributed by atoms with Gasteiger partial charge < -0.3 is 10.5 Å². The number of thiazole rings is 1. The molecule has 0 atom stereocenters. The lowest BCUT2D eigenvalue weighted by atomic mass is 10.3. The minimum atomic E-state index is 0.389. The lowest BCUT2D eigenvalue weighted by Crippen LogP contribution is -1.95. The van der Waals surface area contributed by atoms with Crippen molar-refractivity contribution in [1.82, 2.24) is 9.97 Å². The number of aryl methyl sites for hydroxylation is 2. The first-order valence-electron chi connectivity index (χ1n) is 5.89. The molecule has 0 aliphatic rings. The average Bonchev–Trinajstić information content (AvgIpc) is 2.73. The number of nitrogens with two attached hydrogens (primary N) is 1. The number of nitrogen functional groups attached to an aromatic ring is 1. The quantitative estimate of drug-likeness (QED) is 0.772. The number of anilines is 1. The molecule has 5 heteroatoms. The average molecular weight is 271 g/mol. The smallest absolute Gasteiger partial charge is 0.169 e. The van der Waals surface area contributed by atoms with Crippen LogP contribution >= 0.6 is 11.3 Å². The Morgan fingerprint density at radius 1 is 1.21 bits per heavy atom. The van der Waals surface area contributed by atoms with E-state index < -0.39 is 0 Å². The summed E-state index contributed by atoms with van der Waals surface area (Å²) in [6, 6.07) is 7.72. The van der Waals surface area contributed by atoms with Crippen LogP contribution in [0.5, 0.6) is 11.5 Å². The second-order valence-corrected chi connectivity index (χ2v) is 5.60. The number of hydrogen-bond donors (Lipinski definition) is 1. The van der Waals surface area contributed by atoms with Gasteiger partial charge in [-0.1, -0.05) is 0 Å². The summed E-state index contributed by atoms with van der Waals surface area (Å²) in [5.41, 5.74) is 7.76. The van der Waals surface area contributed by atoms with Crippen LogP contribution in [-0.4, -0.2) is 9.97 Å². The van der Waals surface area contributed by atoms with Crippen LogP contribution < -0.4 is 10.5 Å². The Morgan fingerprint density at radius 2 is 2.05 bits per heavy atom. The fourth-order valence-electron chi connectivity index (χ4n) is 1.85. The van der Waals surface area contributed by atoms with Gasteiger partial charge in [0.1, 0.15) is 5.75 Å². The standard InChI is InChI=1S/C14H13N3OS/c1-8-5-12(14(15)16-7-8)18-10-3-4-13-11(6-10)17-9(2)19-13/h3-7H,1-2H3,(H2,15,16). The first-order chi connectivity index (χ1) is 9.11. The van der Waals surface area contributed by atoms with Crippen molar-refractivity contribution in [1.29, 1.82) is 0 Å². The molecule has 0 unspecified atom stereocenters. The van der Waals surface area contributed by atoms with Gasteiger partial charge in [0, 0.05) is 12.3 Å². The van der Waals surface area contributed by atoms with Crippen molar-refractivity contribution in [2.75, 3.05) is 5.73 Å². The van der Waals surface area contributed by atoms with Crippen molar-refractivity contribution >= 4 is 27.4 Å². The van der Waals surface area contributed by atoms with Gasteiger partial charge in [-0.15, -0.1) is 11.3 Å². The van der Waals surface area contributed by atoms with Gasteiger partial charge in [0.15, 0.2) is 11.6 Å². The third-order valence-electron chi connectivity index (χ3n) is 2.71. The molecule has 96 valence electrons. The minimum Gasteiger partial charge on any atom is -0.453 e. The number of fused-ring (bicyclic) bond motifs is 1. The topological polar surface area (TPSA) is 61.0 Å². The van der Waals surface area contributed by atoms with E-state index in [1.807, 2.05) is 38.1 Å². The van der Waals surface area contributed by atoms with Gasteiger partial charge in [0.05, 0.1) is 15.2 Å². The molecule has 0 saturated carbocycles. The molecule has 3 rings (SSSR count). The highest BCUT2D eigenvalue weighted by atomic mass is 32.1. The van der Waals surface area contributed by atoms with Crippen LogP contribution in [0.3, 0.4) is 0 Å². The molecule has 1 aromatic carbocycles. The Kier molecular flexibility index (Phi) is 2.83. The summed E-state index contributed by atoms with van der Waals surface area (Å²) in [6.07, 6.45) is 1.72. The molecule has 0 amide bonds. The summed E-state index contributed by atoms with van der Waals surface area (Å²) < 4.78 is 6.94. The number of rotatable bonds is 2. The predicted molar refractivity (Wildman–Crippen MR) is 77.8 cm³/mol. The molecule has 19 heavy (non-hydrogen) atoms. The molecule has 0 aliphatic carbocycles. The maximum atomic E-state index is 5.80. The zero-order valence-corrected chi connectivity index (χ0v) is 11.5. The first kappa shape index (κ1) is 11.9. The summed E-state index contributed by atoms with van der Waals surface area (Å²) in [5, 5.41) is 1.05. The summed E-state index contributed by atoms with van der Waals surface area (Å²) in [7, 11) is 0. The molecular weight excluding hydrogens is 258 g/mol. The van der Waals surface area contributed by atoms with Gasteiger partial charge >= 0.3 is 0 Å². The molecule has 0 spiro atoms. The fraction of sp³-hybridized carbons (Fsp3) is 0.143. The van der Waals surface area contributed by atoms with Crippen molar-refractivity contribution in [3.63, 3.8) is 0 Å². The second kappa shape index (κ2) is 4.51. The zero-order valence-electron chi connectivity index (χ0n) is 10.7. The molecule has 3 aromatic rings. The molecule has 2 N–H and O–H groups in total. The molecule has 2 aromatic heterocycles. The van der Waals surface area contributed by atoms with Crippen LogP contribution in [-0.2, 0) is 0 Å². The predicted octanol–water partition coefficient (Wildman–Crippen LogP) is 3.68. The van der Waals surface area contributed by atoms with Crippen molar-refractivity contribution < 1.29 is 4.74 Å². The maximum Gasteiger partial charge on any atom is 0.169 e. The summed E-state index contributed by atoms with van der Waals surface area (Å²) in [6.45, 7) is 3.94. The number of nitrogens with zero attached hydrogens (tertiary/aromatic N) is 2. The van der Waals surface area contributed by atoms with Gasteiger partial charge in [-0.3, -0.25) is 0 Å². The van der Waals surface area contributed by atoms with Crippen molar-refractivity contribution in [3.8, 4) is 11.5 Å². The number of aromatic nitrogens is 2. The normalized spacial score (nSPS) is 10.8. The maximum absolute atomic E-state index is 5.80. The summed E-state index contributed by atoms with van der Waals surface area (Å²) >= 11 is 1.67. The highest BCUT2D eigenvalue weighted by Crippen LogP contribution is 2.30. The van der Waals surface area contributed by atoms with Crippen LogP contribution in [0, 0.1) is 13.8 Å². The van der Waals surface area contributed by atoms with E-state index in [1.165, 1.54) is 0 Å². The van der Waals surface area contributed by atoms with Gasteiger partial charge in [0.25, 0.3) is 0 Å². The Hall–Kier alpha value is -2.14. The van der Waals surface area contributed by atoms with E-state index in [0.29, 0.717) is 11.6 Å². The third kappa shape index (κ3) is 2.37. The van der Waals surface area contributed by atoms with E-state index in [2.05, 4.69) is 9.97 Å². The van der Waals surface area contributed by atoms with Gasteiger partial charge in [-0.2, -0.15) is 0 Å². The van der Waals surface area contributed by atoms with Gasteiger partial charge in [0.2, 0.25) is 0 Å². The molecule has 0 radical (unpaired) electrons.